The van der Waals surface area contributed by atoms with Gasteiger partial charge in [0.1, 0.15) is 11.4 Å². The normalized spacial score (nSPS) is 13.7. The number of para-hydroxylation sites is 1. The minimum atomic E-state index is 0.0932. The molecule has 0 N–H and O–H groups in total. The molecule has 0 bridgehead atoms. The van der Waals surface area contributed by atoms with Gasteiger partial charge in [0.2, 0.25) is 0 Å². The zero-order valence-electron chi connectivity index (χ0n) is 16.3. The van der Waals surface area contributed by atoms with E-state index in [-0.39, 0.29) is 5.91 Å². The number of anilines is 1. The molecule has 0 saturated carbocycles. The highest BCUT2D eigenvalue weighted by Crippen LogP contribution is 2.33. The van der Waals surface area contributed by atoms with Gasteiger partial charge in [0.25, 0.3) is 5.91 Å². The summed E-state index contributed by atoms with van der Waals surface area (Å²) in [5.41, 5.74) is 5.22. The molecule has 0 saturated heterocycles. The van der Waals surface area contributed by atoms with E-state index >= 15 is 0 Å². The third-order valence-electron chi connectivity index (χ3n) is 5.47. The molecule has 2 aromatic carbocycles. The number of ether oxygens (including phenoxy) is 1. The lowest BCUT2D eigenvalue weighted by Crippen LogP contribution is -2.37. The Bertz CT molecular complexity index is 1000. The Morgan fingerprint density at radius 2 is 1.96 bits per heavy atom. The zero-order chi connectivity index (χ0) is 19.0. The van der Waals surface area contributed by atoms with E-state index in [9.17, 15) is 4.79 Å². The number of carbonyl (C=O) groups excluding carboxylic acids is 1. The standard InChI is InChI=1S/C23H26N2O2/c1-4-24-21-13-12-18(27-5-2)15-19(21)16(3)22(24)23(26)25-14-8-10-17-9-6-7-11-20(17)25/h6-7,9,11-13,15H,4-5,8,10,14H2,1-3H3. The summed E-state index contributed by atoms with van der Waals surface area (Å²) in [6, 6.07) is 14.4. The zero-order valence-corrected chi connectivity index (χ0v) is 16.3. The van der Waals surface area contributed by atoms with E-state index in [1.807, 2.05) is 30.9 Å². The molecule has 0 spiro atoms. The van der Waals surface area contributed by atoms with Crippen LogP contribution in [0.25, 0.3) is 10.9 Å². The van der Waals surface area contributed by atoms with Gasteiger partial charge < -0.3 is 14.2 Å². The summed E-state index contributed by atoms with van der Waals surface area (Å²) in [4.78, 5) is 15.6. The summed E-state index contributed by atoms with van der Waals surface area (Å²) in [5, 5.41) is 1.09. The van der Waals surface area contributed by atoms with Crippen molar-refractivity contribution in [1.29, 1.82) is 0 Å². The van der Waals surface area contributed by atoms with E-state index in [0.29, 0.717) is 6.61 Å². The van der Waals surface area contributed by atoms with Gasteiger partial charge in [0.15, 0.2) is 0 Å². The van der Waals surface area contributed by atoms with E-state index in [2.05, 4.69) is 41.8 Å². The third kappa shape index (κ3) is 2.89. The van der Waals surface area contributed by atoms with Crippen molar-refractivity contribution in [3.05, 3.63) is 59.3 Å². The van der Waals surface area contributed by atoms with Crippen LogP contribution in [0.4, 0.5) is 5.69 Å². The van der Waals surface area contributed by atoms with Crippen LogP contribution in [-0.4, -0.2) is 23.6 Å². The predicted molar refractivity (Wildman–Crippen MR) is 110 cm³/mol. The summed E-state index contributed by atoms with van der Waals surface area (Å²) in [6.07, 6.45) is 2.04. The predicted octanol–water partition coefficient (Wildman–Crippen LogP) is 4.96. The summed E-state index contributed by atoms with van der Waals surface area (Å²) < 4.78 is 7.81. The number of rotatable bonds is 4. The fourth-order valence-corrected chi connectivity index (χ4v) is 4.23. The number of hydrogen-bond donors (Lipinski definition) is 0. The van der Waals surface area contributed by atoms with Gasteiger partial charge in [-0.3, -0.25) is 4.79 Å². The van der Waals surface area contributed by atoms with E-state index in [1.54, 1.807) is 0 Å². The summed E-state index contributed by atoms with van der Waals surface area (Å²) in [7, 11) is 0. The molecule has 4 rings (SSSR count). The van der Waals surface area contributed by atoms with Crippen molar-refractivity contribution >= 4 is 22.5 Å². The highest BCUT2D eigenvalue weighted by atomic mass is 16.5. The van der Waals surface area contributed by atoms with Crippen molar-refractivity contribution in [3.63, 3.8) is 0 Å². The molecule has 0 atom stereocenters. The topological polar surface area (TPSA) is 34.5 Å². The molecule has 2 heterocycles. The van der Waals surface area contributed by atoms with Crippen molar-refractivity contribution < 1.29 is 9.53 Å². The Hall–Kier alpha value is -2.75. The quantitative estimate of drug-likeness (QED) is 0.657. The molecule has 1 aromatic heterocycles. The van der Waals surface area contributed by atoms with Crippen molar-refractivity contribution in [1.82, 2.24) is 4.57 Å². The van der Waals surface area contributed by atoms with Gasteiger partial charge in [0, 0.05) is 29.7 Å². The number of fused-ring (bicyclic) bond motifs is 2. The molecule has 4 nitrogen and oxygen atoms in total. The molecule has 1 aliphatic rings. The second-order valence-corrected chi connectivity index (χ2v) is 7.02. The monoisotopic (exact) mass is 362 g/mol. The highest BCUT2D eigenvalue weighted by molar-refractivity contribution is 6.10. The van der Waals surface area contributed by atoms with Gasteiger partial charge >= 0.3 is 0 Å². The fourth-order valence-electron chi connectivity index (χ4n) is 4.23. The second-order valence-electron chi connectivity index (χ2n) is 7.02. The minimum Gasteiger partial charge on any atom is -0.494 e. The molecule has 3 aromatic rings. The van der Waals surface area contributed by atoms with Crippen LogP contribution in [0.1, 0.15) is 41.9 Å². The van der Waals surface area contributed by atoms with E-state index in [4.69, 9.17) is 4.74 Å². The number of amides is 1. The smallest absolute Gasteiger partial charge is 0.275 e. The first-order valence-electron chi connectivity index (χ1n) is 9.81. The van der Waals surface area contributed by atoms with Crippen LogP contribution in [-0.2, 0) is 13.0 Å². The molecular formula is C23H26N2O2. The first kappa shape index (κ1) is 17.7. The molecule has 27 heavy (non-hydrogen) atoms. The van der Waals surface area contributed by atoms with Crippen molar-refractivity contribution in [2.45, 2.75) is 40.2 Å². The van der Waals surface area contributed by atoms with Crippen molar-refractivity contribution in [3.8, 4) is 5.75 Å². The lowest BCUT2D eigenvalue weighted by Gasteiger charge is -2.30. The summed E-state index contributed by atoms with van der Waals surface area (Å²) in [5.74, 6) is 0.944. The van der Waals surface area contributed by atoms with Gasteiger partial charge in [-0.15, -0.1) is 0 Å². The Morgan fingerprint density at radius 1 is 1.15 bits per heavy atom. The molecule has 0 aliphatic carbocycles. The summed E-state index contributed by atoms with van der Waals surface area (Å²) >= 11 is 0. The maximum Gasteiger partial charge on any atom is 0.275 e. The summed E-state index contributed by atoms with van der Waals surface area (Å²) in [6.45, 7) is 8.29. The Labute approximate surface area is 160 Å². The number of hydrogen-bond acceptors (Lipinski definition) is 2. The minimum absolute atomic E-state index is 0.0932. The number of aryl methyl sites for hydroxylation is 3. The average molecular weight is 362 g/mol. The van der Waals surface area contributed by atoms with Crippen LogP contribution < -0.4 is 9.64 Å². The van der Waals surface area contributed by atoms with Gasteiger partial charge in [-0.1, -0.05) is 18.2 Å². The van der Waals surface area contributed by atoms with Crippen LogP contribution in [0.2, 0.25) is 0 Å². The number of benzene rings is 2. The second kappa shape index (κ2) is 7.10. The maximum atomic E-state index is 13.6. The van der Waals surface area contributed by atoms with Gasteiger partial charge in [-0.05, 0) is 69.0 Å². The van der Waals surface area contributed by atoms with E-state index in [0.717, 1.165) is 59.5 Å². The molecular weight excluding hydrogens is 336 g/mol. The van der Waals surface area contributed by atoms with Crippen molar-refractivity contribution in [2.75, 3.05) is 18.1 Å². The first-order chi connectivity index (χ1) is 13.2. The average Bonchev–Trinajstić information content (AvgIpc) is 2.98. The molecule has 0 radical (unpaired) electrons. The third-order valence-corrected chi connectivity index (χ3v) is 5.47. The molecule has 0 fully saturated rings. The SMILES string of the molecule is CCOc1ccc2c(c1)c(C)c(C(=O)N1CCCc3ccccc31)n2CC. The molecule has 1 aliphatic heterocycles. The van der Waals surface area contributed by atoms with Crippen LogP contribution in [0.5, 0.6) is 5.75 Å². The highest BCUT2D eigenvalue weighted by Gasteiger charge is 2.28. The lowest BCUT2D eigenvalue weighted by molar-refractivity contribution is 0.0976. The first-order valence-corrected chi connectivity index (χ1v) is 9.81. The van der Waals surface area contributed by atoms with E-state index in [1.165, 1.54) is 5.56 Å². The Balaban J connectivity index is 1.84. The molecule has 4 heteroatoms. The molecule has 1 amide bonds. The number of aromatic nitrogens is 1. The number of carbonyl (C=O) groups is 1. The maximum absolute atomic E-state index is 13.6. The Kier molecular flexibility index (Phi) is 4.65. The Morgan fingerprint density at radius 3 is 2.74 bits per heavy atom. The van der Waals surface area contributed by atoms with Crippen LogP contribution in [0, 0.1) is 6.92 Å². The molecule has 140 valence electrons. The largest absolute Gasteiger partial charge is 0.494 e. The van der Waals surface area contributed by atoms with Gasteiger partial charge in [0.05, 0.1) is 6.61 Å². The van der Waals surface area contributed by atoms with Gasteiger partial charge in [-0.25, -0.2) is 0 Å². The fraction of sp³-hybridized carbons (Fsp3) is 0.348. The van der Waals surface area contributed by atoms with Crippen LogP contribution in [0.3, 0.4) is 0 Å². The van der Waals surface area contributed by atoms with Crippen LogP contribution >= 0.6 is 0 Å². The lowest BCUT2D eigenvalue weighted by atomic mass is 10.0. The van der Waals surface area contributed by atoms with Crippen molar-refractivity contribution in [2.24, 2.45) is 0 Å². The van der Waals surface area contributed by atoms with Gasteiger partial charge in [-0.2, -0.15) is 0 Å². The van der Waals surface area contributed by atoms with Crippen LogP contribution in [0.15, 0.2) is 42.5 Å². The number of nitrogens with zero attached hydrogens (tertiary/aromatic N) is 2. The molecule has 0 unspecified atom stereocenters. The van der Waals surface area contributed by atoms with E-state index < -0.39 is 0 Å².